The summed E-state index contributed by atoms with van der Waals surface area (Å²) in [5, 5.41) is 20.1. The molecule has 66 valence electrons. The second-order valence-corrected chi connectivity index (χ2v) is 3.66. The minimum atomic E-state index is 0.506. The minimum absolute atomic E-state index is 0.506. The number of nitrogen functional groups attached to an aromatic ring is 1. The molecule has 0 unspecified atom stereocenters. The fourth-order valence-corrected chi connectivity index (χ4v) is 2.29. The third kappa shape index (κ3) is 1.02. The van der Waals surface area contributed by atoms with Gasteiger partial charge in [-0.25, -0.2) is 0 Å². The molecular weight excluding hydrogens is 194 g/mol. The van der Waals surface area contributed by atoms with E-state index >= 15 is 0 Å². The second-order valence-electron chi connectivity index (χ2n) is 2.78. The summed E-state index contributed by atoms with van der Waals surface area (Å²) in [6, 6.07) is 7.45. The van der Waals surface area contributed by atoms with Crippen molar-refractivity contribution in [3.63, 3.8) is 0 Å². The van der Waals surface area contributed by atoms with Gasteiger partial charge in [0.25, 0.3) is 0 Å². The molecule has 0 aliphatic rings. The summed E-state index contributed by atoms with van der Waals surface area (Å²) in [7, 11) is 0. The van der Waals surface area contributed by atoms with Crippen LogP contribution in [0.4, 0.5) is 5.69 Å². The highest BCUT2D eigenvalue weighted by atomic mass is 32.1. The zero-order valence-electron chi connectivity index (χ0n) is 7.11. The first-order chi connectivity index (χ1) is 6.77. The number of fused-ring (bicyclic) bond motifs is 1. The van der Waals surface area contributed by atoms with Crippen LogP contribution in [0, 0.1) is 22.7 Å². The predicted octanol–water partition coefficient (Wildman–Crippen LogP) is 2.23. The van der Waals surface area contributed by atoms with Crippen LogP contribution in [0.3, 0.4) is 0 Å². The molecule has 2 N–H and O–H groups in total. The molecule has 0 atom stereocenters. The average molecular weight is 199 g/mol. The molecule has 2 aromatic rings. The molecule has 0 amide bonds. The number of nitrogens with two attached hydrogens (primary N) is 1. The monoisotopic (exact) mass is 199 g/mol. The van der Waals surface area contributed by atoms with Gasteiger partial charge in [0.05, 0.1) is 21.9 Å². The molecule has 0 fully saturated rings. The fraction of sp³-hybridized carbons (Fsp3) is 0. The third-order valence-electron chi connectivity index (χ3n) is 1.99. The van der Waals surface area contributed by atoms with Crippen LogP contribution in [0.2, 0.25) is 0 Å². The topological polar surface area (TPSA) is 73.6 Å². The highest BCUT2D eigenvalue weighted by Gasteiger charge is 2.10. The third-order valence-corrected chi connectivity index (χ3v) is 3.02. The molecule has 2 rings (SSSR count). The Morgan fingerprint density at radius 3 is 2.50 bits per heavy atom. The Balaban J connectivity index is 3.00. The van der Waals surface area contributed by atoms with Crippen molar-refractivity contribution < 1.29 is 0 Å². The molecule has 0 aliphatic carbocycles. The molecule has 14 heavy (non-hydrogen) atoms. The van der Waals surface area contributed by atoms with Crippen molar-refractivity contribution >= 4 is 27.1 Å². The van der Waals surface area contributed by atoms with Gasteiger partial charge in [-0.2, -0.15) is 10.5 Å². The zero-order valence-corrected chi connectivity index (χ0v) is 7.93. The van der Waals surface area contributed by atoms with Crippen LogP contribution in [0.25, 0.3) is 10.1 Å². The Morgan fingerprint density at radius 2 is 1.86 bits per heavy atom. The number of hydrogen-bond acceptors (Lipinski definition) is 4. The quantitative estimate of drug-likeness (QED) is 0.661. The number of benzene rings is 1. The van der Waals surface area contributed by atoms with Crippen molar-refractivity contribution in [1.29, 1.82) is 10.5 Å². The number of nitrogens with zero attached hydrogens (tertiary/aromatic N) is 2. The summed E-state index contributed by atoms with van der Waals surface area (Å²) in [4.78, 5) is 0. The molecule has 0 spiro atoms. The van der Waals surface area contributed by atoms with Crippen LogP contribution in [0.15, 0.2) is 17.5 Å². The van der Waals surface area contributed by atoms with E-state index in [1.54, 1.807) is 17.5 Å². The van der Waals surface area contributed by atoms with E-state index in [1.807, 2.05) is 0 Å². The van der Waals surface area contributed by atoms with E-state index in [2.05, 4.69) is 12.1 Å². The minimum Gasteiger partial charge on any atom is -0.398 e. The Kier molecular flexibility index (Phi) is 1.85. The van der Waals surface area contributed by atoms with Gasteiger partial charge in [-0.3, -0.25) is 0 Å². The number of rotatable bonds is 0. The standard InChI is InChI=1S/C10H5N3S/c11-3-6-1-2-8(13)10-9(6)7(4-12)5-14-10/h1-2,5H,13H2. The first-order valence-electron chi connectivity index (χ1n) is 3.88. The van der Waals surface area contributed by atoms with Gasteiger partial charge in [0.15, 0.2) is 0 Å². The molecule has 0 saturated heterocycles. The maximum Gasteiger partial charge on any atom is 0.101 e. The van der Waals surface area contributed by atoms with Crippen molar-refractivity contribution in [1.82, 2.24) is 0 Å². The van der Waals surface area contributed by atoms with Gasteiger partial charge in [-0.15, -0.1) is 11.3 Å². The van der Waals surface area contributed by atoms with E-state index < -0.39 is 0 Å². The summed E-state index contributed by atoms with van der Waals surface area (Å²) in [5.41, 5.74) is 7.38. The van der Waals surface area contributed by atoms with Crippen LogP contribution >= 0.6 is 11.3 Å². The summed E-state index contributed by atoms with van der Waals surface area (Å²) < 4.78 is 0.820. The van der Waals surface area contributed by atoms with Crippen LogP contribution < -0.4 is 5.73 Å². The van der Waals surface area contributed by atoms with Gasteiger partial charge in [-0.05, 0) is 12.1 Å². The van der Waals surface area contributed by atoms with Gasteiger partial charge < -0.3 is 5.73 Å². The molecule has 0 radical (unpaired) electrons. The van der Waals surface area contributed by atoms with Crippen molar-refractivity contribution in [3.05, 3.63) is 28.6 Å². The van der Waals surface area contributed by atoms with E-state index in [0.29, 0.717) is 22.2 Å². The Morgan fingerprint density at radius 1 is 1.14 bits per heavy atom. The molecule has 3 nitrogen and oxygen atoms in total. The molecule has 4 heteroatoms. The highest BCUT2D eigenvalue weighted by Crippen LogP contribution is 2.32. The molecular formula is C10H5N3S. The molecule has 0 aliphatic heterocycles. The van der Waals surface area contributed by atoms with Gasteiger partial charge in [0.1, 0.15) is 6.07 Å². The predicted molar refractivity (Wildman–Crippen MR) is 55.7 cm³/mol. The van der Waals surface area contributed by atoms with E-state index in [4.69, 9.17) is 16.3 Å². The number of nitriles is 2. The smallest absolute Gasteiger partial charge is 0.101 e. The summed E-state index contributed by atoms with van der Waals surface area (Å²) in [5.74, 6) is 0. The van der Waals surface area contributed by atoms with E-state index in [9.17, 15) is 0 Å². The number of hydrogen-bond donors (Lipinski definition) is 1. The zero-order chi connectivity index (χ0) is 10.1. The van der Waals surface area contributed by atoms with Crippen molar-refractivity contribution in [2.45, 2.75) is 0 Å². The fourth-order valence-electron chi connectivity index (χ4n) is 1.35. The lowest BCUT2D eigenvalue weighted by atomic mass is 10.1. The van der Waals surface area contributed by atoms with Crippen LogP contribution in [0.1, 0.15) is 11.1 Å². The first kappa shape index (κ1) is 8.55. The Hall–Kier alpha value is -2.04. The lowest BCUT2D eigenvalue weighted by molar-refractivity contribution is 1.49. The second kappa shape index (κ2) is 3.02. The van der Waals surface area contributed by atoms with Gasteiger partial charge in [-0.1, -0.05) is 0 Å². The first-order valence-corrected chi connectivity index (χ1v) is 4.75. The molecule has 1 heterocycles. The van der Waals surface area contributed by atoms with Crippen LogP contribution in [-0.2, 0) is 0 Å². The SMILES string of the molecule is N#Cc1ccc(N)c2scc(C#N)c12. The molecule has 1 aromatic heterocycles. The van der Waals surface area contributed by atoms with Gasteiger partial charge >= 0.3 is 0 Å². The van der Waals surface area contributed by atoms with Crippen molar-refractivity contribution in [2.75, 3.05) is 5.73 Å². The summed E-state index contributed by atoms with van der Waals surface area (Å²) in [6.07, 6.45) is 0. The van der Waals surface area contributed by atoms with Crippen molar-refractivity contribution in [2.24, 2.45) is 0 Å². The average Bonchev–Trinajstić information content (AvgIpc) is 2.63. The van der Waals surface area contributed by atoms with E-state index in [0.717, 1.165) is 4.70 Å². The number of thiophene rings is 1. The highest BCUT2D eigenvalue weighted by molar-refractivity contribution is 7.18. The molecule has 1 aromatic carbocycles. The number of anilines is 1. The maximum atomic E-state index is 8.87. The Labute approximate surface area is 84.6 Å². The van der Waals surface area contributed by atoms with E-state index in [1.165, 1.54) is 11.3 Å². The molecule has 0 saturated carbocycles. The summed E-state index contributed by atoms with van der Waals surface area (Å²) in [6.45, 7) is 0. The lowest BCUT2D eigenvalue weighted by Crippen LogP contribution is -1.86. The van der Waals surface area contributed by atoms with E-state index in [-0.39, 0.29) is 0 Å². The van der Waals surface area contributed by atoms with Crippen LogP contribution in [0.5, 0.6) is 0 Å². The Bertz CT molecular complexity index is 584. The van der Waals surface area contributed by atoms with Crippen LogP contribution in [-0.4, -0.2) is 0 Å². The van der Waals surface area contributed by atoms with Gasteiger partial charge in [0, 0.05) is 16.5 Å². The maximum absolute atomic E-state index is 8.87. The normalized spacial score (nSPS) is 9.57. The lowest BCUT2D eigenvalue weighted by Gasteiger charge is -1.97. The summed E-state index contributed by atoms with van der Waals surface area (Å²) >= 11 is 1.40. The largest absolute Gasteiger partial charge is 0.398 e. The molecule has 0 bridgehead atoms. The van der Waals surface area contributed by atoms with Crippen molar-refractivity contribution in [3.8, 4) is 12.1 Å². The van der Waals surface area contributed by atoms with Gasteiger partial charge in [0.2, 0.25) is 0 Å².